The molecule has 1 amide bonds. The van der Waals surface area contributed by atoms with Crippen LogP contribution in [0.2, 0.25) is 0 Å². The normalized spacial score (nSPS) is 10.0. The quantitative estimate of drug-likeness (QED) is 0.748. The van der Waals surface area contributed by atoms with Gasteiger partial charge >= 0.3 is 5.97 Å². The first-order valence-electron chi connectivity index (χ1n) is 6.16. The Hall–Kier alpha value is -2.11. The van der Waals surface area contributed by atoms with Gasteiger partial charge in [-0.2, -0.15) is 0 Å². The second-order valence-corrected chi connectivity index (χ2v) is 4.22. The van der Waals surface area contributed by atoms with Gasteiger partial charge in [0, 0.05) is 20.0 Å². The number of halogens is 1. The molecule has 5 nitrogen and oxygen atoms in total. The summed E-state index contributed by atoms with van der Waals surface area (Å²) in [4.78, 5) is 24.5. The average molecular weight is 283 g/mol. The van der Waals surface area contributed by atoms with E-state index < -0.39 is 11.7 Å². The highest BCUT2D eigenvalue weighted by atomic mass is 19.1. The van der Waals surface area contributed by atoms with Crippen LogP contribution in [0.5, 0.6) is 5.75 Å². The van der Waals surface area contributed by atoms with Gasteiger partial charge in [0.25, 0.3) is 5.91 Å². The Bertz CT molecular complexity index is 490. The molecule has 0 heterocycles. The number of nitrogens with zero attached hydrogens (tertiary/aromatic N) is 1. The second-order valence-electron chi connectivity index (χ2n) is 4.22. The lowest BCUT2D eigenvalue weighted by atomic mass is 10.1. The van der Waals surface area contributed by atoms with Crippen LogP contribution in [0.15, 0.2) is 18.2 Å². The molecule has 0 saturated carbocycles. The predicted molar refractivity (Wildman–Crippen MR) is 71.2 cm³/mol. The third-order valence-electron chi connectivity index (χ3n) is 2.86. The summed E-state index contributed by atoms with van der Waals surface area (Å²) in [5, 5.41) is 0. The third kappa shape index (κ3) is 3.94. The van der Waals surface area contributed by atoms with Gasteiger partial charge in [-0.15, -0.1) is 0 Å². The fourth-order valence-corrected chi connectivity index (χ4v) is 1.74. The highest BCUT2D eigenvalue weighted by Crippen LogP contribution is 2.22. The number of ether oxygens (including phenoxy) is 2. The number of esters is 1. The summed E-state index contributed by atoms with van der Waals surface area (Å²) in [5.74, 6) is -1.26. The van der Waals surface area contributed by atoms with E-state index in [1.165, 1.54) is 37.3 Å². The molecule has 0 aliphatic carbocycles. The van der Waals surface area contributed by atoms with Gasteiger partial charge in [0.15, 0.2) is 0 Å². The Morgan fingerprint density at radius 2 is 2.00 bits per heavy atom. The molecule has 0 N–H and O–H groups in total. The number of carbonyl (C=O) groups is 2. The number of benzene rings is 1. The molecule has 0 aliphatic rings. The molecule has 0 saturated heterocycles. The van der Waals surface area contributed by atoms with E-state index in [4.69, 9.17) is 4.74 Å². The monoisotopic (exact) mass is 283 g/mol. The van der Waals surface area contributed by atoms with E-state index in [0.29, 0.717) is 13.0 Å². The zero-order chi connectivity index (χ0) is 15.1. The standard InChI is InChI=1S/C14H18FNO4/c1-16(9-5-8-12(17)20-3)14(18)13-10(15)6-4-7-11(13)19-2/h4,6-7H,5,8-9H2,1-3H3. The molecular weight excluding hydrogens is 265 g/mol. The molecule has 6 heteroatoms. The minimum atomic E-state index is -0.630. The molecule has 1 rings (SSSR count). The molecule has 0 radical (unpaired) electrons. The van der Waals surface area contributed by atoms with Crippen molar-refractivity contribution in [2.24, 2.45) is 0 Å². The lowest BCUT2D eigenvalue weighted by Gasteiger charge is -2.18. The molecular formula is C14H18FNO4. The Balaban J connectivity index is 2.72. The van der Waals surface area contributed by atoms with Crippen molar-refractivity contribution in [1.29, 1.82) is 0 Å². The summed E-state index contributed by atoms with van der Waals surface area (Å²) in [6.07, 6.45) is 0.661. The SMILES string of the molecule is COC(=O)CCCN(C)C(=O)c1c(F)cccc1OC. The molecule has 0 atom stereocenters. The molecule has 0 fully saturated rings. The van der Waals surface area contributed by atoms with Crippen molar-refractivity contribution in [3.8, 4) is 5.75 Å². The van der Waals surface area contributed by atoms with Gasteiger partial charge in [-0.1, -0.05) is 6.07 Å². The van der Waals surface area contributed by atoms with Gasteiger partial charge in [-0.05, 0) is 18.6 Å². The number of hydrogen-bond acceptors (Lipinski definition) is 4. The van der Waals surface area contributed by atoms with Gasteiger partial charge in [0.1, 0.15) is 17.1 Å². The molecule has 0 aliphatic heterocycles. The molecule has 110 valence electrons. The van der Waals surface area contributed by atoms with E-state index in [9.17, 15) is 14.0 Å². The summed E-state index contributed by atoms with van der Waals surface area (Å²) < 4.78 is 23.3. The molecule has 0 unspecified atom stereocenters. The molecule has 0 bridgehead atoms. The predicted octanol–water partition coefficient (Wildman–Crippen LogP) is 1.86. The van der Waals surface area contributed by atoms with Crippen LogP contribution in [0.1, 0.15) is 23.2 Å². The highest BCUT2D eigenvalue weighted by Gasteiger charge is 2.20. The van der Waals surface area contributed by atoms with Crippen molar-refractivity contribution in [2.75, 3.05) is 27.8 Å². The van der Waals surface area contributed by atoms with Gasteiger partial charge < -0.3 is 14.4 Å². The van der Waals surface area contributed by atoms with Crippen LogP contribution < -0.4 is 4.74 Å². The fourth-order valence-electron chi connectivity index (χ4n) is 1.74. The average Bonchev–Trinajstić information content (AvgIpc) is 2.45. The number of hydrogen-bond donors (Lipinski definition) is 0. The van der Waals surface area contributed by atoms with E-state index in [2.05, 4.69) is 4.74 Å². The zero-order valence-corrected chi connectivity index (χ0v) is 11.8. The van der Waals surface area contributed by atoms with Crippen LogP contribution >= 0.6 is 0 Å². The molecule has 0 spiro atoms. The van der Waals surface area contributed by atoms with E-state index in [1.54, 1.807) is 7.05 Å². The lowest BCUT2D eigenvalue weighted by Crippen LogP contribution is -2.29. The van der Waals surface area contributed by atoms with Crippen molar-refractivity contribution in [3.63, 3.8) is 0 Å². The summed E-state index contributed by atoms with van der Waals surface area (Å²) in [5.41, 5.74) is -0.101. The first-order valence-corrected chi connectivity index (χ1v) is 6.16. The zero-order valence-electron chi connectivity index (χ0n) is 11.8. The Kier molecular flexibility index (Phi) is 5.96. The maximum Gasteiger partial charge on any atom is 0.305 e. The smallest absolute Gasteiger partial charge is 0.305 e. The minimum Gasteiger partial charge on any atom is -0.496 e. The number of rotatable bonds is 6. The Labute approximate surface area is 117 Å². The van der Waals surface area contributed by atoms with Gasteiger partial charge in [0.05, 0.1) is 14.2 Å². The molecule has 1 aromatic rings. The van der Waals surface area contributed by atoms with Crippen LogP contribution in [0.3, 0.4) is 0 Å². The van der Waals surface area contributed by atoms with Gasteiger partial charge in [-0.25, -0.2) is 4.39 Å². The van der Waals surface area contributed by atoms with E-state index in [0.717, 1.165) is 0 Å². The minimum absolute atomic E-state index is 0.101. The van der Waals surface area contributed by atoms with Crippen LogP contribution in [-0.4, -0.2) is 44.6 Å². The Morgan fingerprint density at radius 1 is 1.30 bits per heavy atom. The first-order chi connectivity index (χ1) is 9.51. The molecule has 1 aromatic carbocycles. The summed E-state index contributed by atoms with van der Waals surface area (Å²) >= 11 is 0. The fraction of sp³-hybridized carbons (Fsp3) is 0.429. The van der Waals surface area contributed by atoms with Gasteiger partial charge in [0.2, 0.25) is 0 Å². The van der Waals surface area contributed by atoms with Crippen molar-refractivity contribution in [2.45, 2.75) is 12.8 Å². The van der Waals surface area contributed by atoms with Crippen LogP contribution in [-0.2, 0) is 9.53 Å². The van der Waals surface area contributed by atoms with Crippen molar-refractivity contribution < 1.29 is 23.5 Å². The maximum atomic E-state index is 13.8. The van der Waals surface area contributed by atoms with E-state index in [-0.39, 0.29) is 23.7 Å². The topological polar surface area (TPSA) is 55.8 Å². The summed E-state index contributed by atoms with van der Waals surface area (Å²) in [6, 6.07) is 4.21. The van der Waals surface area contributed by atoms with Crippen LogP contribution in [0, 0.1) is 5.82 Å². The number of methoxy groups -OCH3 is 2. The van der Waals surface area contributed by atoms with E-state index >= 15 is 0 Å². The largest absolute Gasteiger partial charge is 0.496 e. The van der Waals surface area contributed by atoms with E-state index in [1.807, 2.05) is 0 Å². The molecule has 0 aromatic heterocycles. The van der Waals surface area contributed by atoms with Crippen molar-refractivity contribution in [1.82, 2.24) is 4.90 Å². The summed E-state index contributed by atoms with van der Waals surface area (Å²) in [7, 11) is 4.23. The van der Waals surface area contributed by atoms with Crippen molar-refractivity contribution >= 4 is 11.9 Å². The lowest BCUT2D eigenvalue weighted by molar-refractivity contribution is -0.140. The van der Waals surface area contributed by atoms with Crippen LogP contribution in [0.25, 0.3) is 0 Å². The van der Waals surface area contributed by atoms with Crippen molar-refractivity contribution in [3.05, 3.63) is 29.6 Å². The summed E-state index contributed by atoms with van der Waals surface area (Å²) in [6.45, 7) is 0.325. The maximum absolute atomic E-state index is 13.8. The third-order valence-corrected chi connectivity index (χ3v) is 2.86. The number of carbonyl (C=O) groups excluding carboxylic acids is 2. The highest BCUT2D eigenvalue weighted by molar-refractivity contribution is 5.97. The van der Waals surface area contributed by atoms with Gasteiger partial charge in [-0.3, -0.25) is 9.59 Å². The number of amides is 1. The second kappa shape index (κ2) is 7.47. The Morgan fingerprint density at radius 3 is 2.60 bits per heavy atom. The first kappa shape index (κ1) is 15.9. The molecule has 20 heavy (non-hydrogen) atoms. The van der Waals surface area contributed by atoms with Crippen LogP contribution in [0.4, 0.5) is 4.39 Å².